The molecule has 0 bridgehead atoms. The van der Waals surface area contributed by atoms with Crippen molar-refractivity contribution in [1.82, 2.24) is 14.9 Å². The van der Waals surface area contributed by atoms with Crippen LogP contribution >= 0.6 is 11.6 Å². The number of carbonyl (C=O) groups is 1. The molecule has 0 aliphatic rings. The topological polar surface area (TPSA) is 72.9 Å². The van der Waals surface area contributed by atoms with Gasteiger partial charge in [-0.1, -0.05) is 12.1 Å². The summed E-state index contributed by atoms with van der Waals surface area (Å²) in [4.78, 5) is 15.3. The maximum Gasteiger partial charge on any atom is 0.312 e. The summed E-state index contributed by atoms with van der Waals surface area (Å²) in [6, 6.07) is 5.48. The van der Waals surface area contributed by atoms with Crippen molar-refractivity contribution in [2.24, 2.45) is 5.73 Å². The van der Waals surface area contributed by atoms with Gasteiger partial charge in [0.25, 0.3) is 0 Å². The van der Waals surface area contributed by atoms with Crippen LogP contribution in [0.5, 0.6) is 0 Å². The van der Waals surface area contributed by atoms with E-state index >= 15 is 0 Å². The van der Waals surface area contributed by atoms with Crippen molar-refractivity contribution in [2.75, 3.05) is 6.54 Å². The maximum atomic E-state index is 10.7. The average Bonchev–Trinajstić information content (AvgIpc) is 2.70. The molecule has 0 spiro atoms. The van der Waals surface area contributed by atoms with Gasteiger partial charge in [-0.2, -0.15) is 0 Å². The van der Waals surface area contributed by atoms with Gasteiger partial charge < -0.3 is 15.6 Å². The van der Waals surface area contributed by atoms with Crippen LogP contribution in [0, 0.1) is 6.92 Å². The molecule has 3 N–H and O–H groups in total. The fraction of sp³-hybridized carbons (Fsp3) is 0.385. The van der Waals surface area contributed by atoms with E-state index in [1.54, 1.807) is 0 Å². The van der Waals surface area contributed by atoms with Crippen LogP contribution in [0.2, 0.25) is 0 Å². The fourth-order valence-electron chi connectivity index (χ4n) is 2.13. The van der Waals surface area contributed by atoms with E-state index in [0.29, 0.717) is 13.1 Å². The molecule has 0 saturated heterocycles. The third-order valence-corrected chi connectivity index (χ3v) is 3.20. The van der Waals surface area contributed by atoms with E-state index < -0.39 is 6.03 Å². The number of carbonyl (C=O) groups excluding carboxylic acids is 1. The molecule has 1 unspecified atom stereocenters. The average molecular weight is 281 g/mol. The van der Waals surface area contributed by atoms with E-state index in [1.165, 1.54) is 0 Å². The number of nitrogens with one attached hydrogen (secondary N) is 1. The zero-order valence-corrected chi connectivity index (χ0v) is 11.7. The van der Waals surface area contributed by atoms with Crippen molar-refractivity contribution in [3.05, 3.63) is 29.6 Å². The number of rotatable bonds is 4. The van der Waals surface area contributed by atoms with Crippen LogP contribution in [-0.4, -0.2) is 22.1 Å². The second-order valence-electron chi connectivity index (χ2n) is 4.47. The van der Waals surface area contributed by atoms with E-state index in [-0.39, 0.29) is 5.38 Å². The summed E-state index contributed by atoms with van der Waals surface area (Å²) in [5.41, 5.74) is 8.14. The summed E-state index contributed by atoms with van der Waals surface area (Å²) in [7, 11) is 0. The summed E-state index contributed by atoms with van der Waals surface area (Å²) in [6.07, 6.45) is 0. The third-order valence-electron chi connectivity index (χ3n) is 3.00. The molecule has 102 valence electrons. The first-order chi connectivity index (χ1) is 9.00. The zero-order valence-electron chi connectivity index (χ0n) is 11.0. The first-order valence-electron chi connectivity index (χ1n) is 6.14. The van der Waals surface area contributed by atoms with Gasteiger partial charge >= 0.3 is 6.03 Å². The molecule has 1 aromatic carbocycles. The lowest BCUT2D eigenvalue weighted by Gasteiger charge is -2.10. The Kier molecular flexibility index (Phi) is 3.95. The summed E-state index contributed by atoms with van der Waals surface area (Å²) in [5.74, 6) is 0.803. The number of hydrogen-bond donors (Lipinski definition) is 2. The molecule has 2 aromatic rings. The van der Waals surface area contributed by atoms with E-state index in [0.717, 1.165) is 22.4 Å². The van der Waals surface area contributed by atoms with Crippen LogP contribution in [0.1, 0.15) is 23.7 Å². The molecule has 2 rings (SSSR count). The highest BCUT2D eigenvalue weighted by atomic mass is 35.5. The van der Waals surface area contributed by atoms with Crippen molar-refractivity contribution >= 4 is 28.7 Å². The Bertz CT molecular complexity index is 606. The molecule has 0 radical (unpaired) electrons. The smallest absolute Gasteiger partial charge is 0.312 e. The quantitative estimate of drug-likeness (QED) is 0.844. The highest BCUT2D eigenvalue weighted by molar-refractivity contribution is 6.20. The molecule has 1 aromatic heterocycles. The van der Waals surface area contributed by atoms with Crippen molar-refractivity contribution in [3.8, 4) is 0 Å². The first kappa shape index (κ1) is 13.7. The minimum Gasteiger partial charge on any atom is -0.352 e. The Morgan fingerprint density at radius 1 is 1.58 bits per heavy atom. The third kappa shape index (κ3) is 2.81. The normalized spacial score (nSPS) is 12.6. The molecule has 0 aliphatic heterocycles. The molecule has 1 heterocycles. The van der Waals surface area contributed by atoms with Crippen molar-refractivity contribution in [1.29, 1.82) is 0 Å². The van der Waals surface area contributed by atoms with Crippen molar-refractivity contribution < 1.29 is 4.79 Å². The van der Waals surface area contributed by atoms with Gasteiger partial charge in [-0.25, -0.2) is 9.78 Å². The van der Waals surface area contributed by atoms with Crippen molar-refractivity contribution in [3.63, 3.8) is 0 Å². The van der Waals surface area contributed by atoms with Crippen molar-refractivity contribution in [2.45, 2.75) is 25.8 Å². The first-order valence-corrected chi connectivity index (χ1v) is 6.57. The molecule has 19 heavy (non-hydrogen) atoms. The van der Waals surface area contributed by atoms with Gasteiger partial charge in [0, 0.05) is 13.1 Å². The predicted octanol–water partition coefficient (Wildman–Crippen LogP) is 2.31. The van der Waals surface area contributed by atoms with E-state index in [2.05, 4.69) is 10.3 Å². The van der Waals surface area contributed by atoms with Gasteiger partial charge in [-0.05, 0) is 25.5 Å². The van der Waals surface area contributed by atoms with E-state index in [4.69, 9.17) is 17.3 Å². The van der Waals surface area contributed by atoms with Gasteiger partial charge in [0.05, 0.1) is 16.4 Å². The lowest BCUT2D eigenvalue weighted by atomic mass is 10.2. The number of imidazole rings is 1. The van der Waals surface area contributed by atoms with Gasteiger partial charge in [0.15, 0.2) is 0 Å². The van der Waals surface area contributed by atoms with E-state index in [1.807, 2.05) is 36.6 Å². The Morgan fingerprint density at radius 3 is 2.95 bits per heavy atom. The summed E-state index contributed by atoms with van der Waals surface area (Å²) in [6.45, 7) is 4.95. The highest BCUT2D eigenvalue weighted by Gasteiger charge is 2.15. The van der Waals surface area contributed by atoms with Crippen LogP contribution < -0.4 is 11.1 Å². The summed E-state index contributed by atoms with van der Waals surface area (Å²) < 4.78 is 2.02. The molecular weight excluding hydrogens is 264 g/mol. The zero-order chi connectivity index (χ0) is 14.0. The molecular formula is C13H17ClN4O. The fourth-order valence-corrected chi connectivity index (χ4v) is 2.30. The number of amides is 2. The van der Waals surface area contributed by atoms with Crippen LogP contribution in [-0.2, 0) is 6.54 Å². The monoisotopic (exact) mass is 280 g/mol. The molecule has 0 saturated carbocycles. The molecule has 1 atom stereocenters. The van der Waals surface area contributed by atoms with Gasteiger partial charge in [-0.15, -0.1) is 11.6 Å². The summed E-state index contributed by atoms with van der Waals surface area (Å²) >= 11 is 6.18. The van der Waals surface area contributed by atoms with Crippen LogP contribution in [0.25, 0.3) is 11.0 Å². The molecule has 0 fully saturated rings. The number of urea groups is 1. The van der Waals surface area contributed by atoms with E-state index in [9.17, 15) is 4.79 Å². The lowest BCUT2D eigenvalue weighted by molar-refractivity contribution is 0.248. The second-order valence-corrected chi connectivity index (χ2v) is 5.13. The predicted molar refractivity (Wildman–Crippen MR) is 76.3 cm³/mol. The molecule has 6 heteroatoms. The Labute approximate surface area is 116 Å². The van der Waals surface area contributed by atoms with Gasteiger partial charge in [0.1, 0.15) is 5.82 Å². The number of alkyl halides is 1. The van der Waals surface area contributed by atoms with Gasteiger partial charge in [0.2, 0.25) is 0 Å². The van der Waals surface area contributed by atoms with Crippen LogP contribution in [0.3, 0.4) is 0 Å². The lowest BCUT2D eigenvalue weighted by Crippen LogP contribution is -2.32. The Hall–Kier alpha value is -1.75. The Morgan fingerprint density at radius 2 is 2.32 bits per heavy atom. The number of hydrogen-bond acceptors (Lipinski definition) is 2. The van der Waals surface area contributed by atoms with Crippen LogP contribution in [0.4, 0.5) is 4.79 Å². The largest absolute Gasteiger partial charge is 0.352 e. The number of aromatic nitrogens is 2. The molecule has 0 aliphatic carbocycles. The standard InChI is InChI=1S/C13H17ClN4O/c1-8-4-3-5-10-11(8)17-12(9(2)14)18(10)7-6-16-13(15)19/h3-5,9H,6-7H2,1-2H3,(H3,15,16,19). The number of benzene rings is 1. The number of fused-ring (bicyclic) bond motifs is 1. The number of aryl methyl sites for hydroxylation is 1. The molecule has 5 nitrogen and oxygen atoms in total. The minimum absolute atomic E-state index is 0.194. The Balaban J connectivity index is 2.41. The number of primary amides is 1. The number of nitrogens with zero attached hydrogens (tertiary/aromatic N) is 2. The molecule has 2 amide bonds. The maximum absolute atomic E-state index is 10.7. The highest BCUT2D eigenvalue weighted by Crippen LogP contribution is 2.26. The summed E-state index contributed by atoms with van der Waals surface area (Å²) in [5, 5.41) is 2.38. The number of halogens is 1. The van der Waals surface area contributed by atoms with Crippen LogP contribution in [0.15, 0.2) is 18.2 Å². The SMILES string of the molecule is Cc1cccc2c1nc(C(C)Cl)n2CCNC(N)=O. The number of para-hydroxylation sites is 1. The second kappa shape index (κ2) is 5.48. The van der Waals surface area contributed by atoms with Gasteiger partial charge in [-0.3, -0.25) is 0 Å². The minimum atomic E-state index is -0.527. The number of nitrogens with two attached hydrogens (primary N) is 1.